The van der Waals surface area contributed by atoms with Crippen LogP contribution in [0.15, 0.2) is 12.1 Å². The average Bonchev–Trinajstić information content (AvgIpc) is 2.34. The van der Waals surface area contributed by atoms with Gasteiger partial charge >= 0.3 is 0 Å². The molecule has 0 saturated carbocycles. The Balaban J connectivity index is 2.74. The van der Waals surface area contributed by atoms with E-state index in [0.717, 1.165) is 6.07 Å². The lowest BCUT2D eigenvalue weighted by Gasteiger charge is -2.06. The third-order valence-electron chi connectivity index (χ3n) is 2.41. The first-order valence-electron chi connectivity index (χ1n) is 5.73. The molecule has 0 radical (unpaired) electrons. The highest BCUT2D eigenvalue weighted by molar-refractivity contribution is 6.40. The molecule has 19 heavy (non-hydrogen) atoms. The Hall–Kier alpha value is -0.970. The molecule has 6 heteroatoms. The molecule has 0 spiro atoms. The summed E-state index contributed by atoms with van der Waals surface area (Å²) in [6, 6.07) is 2.30. The summed E-state index contributed by atoms with van der Waals surface area (Å²) < 4.78 is 18.3. The van der Waals surface area contributed by atoms with Gasteiger partial charge in [-0.2, -0.15) is 0 Å². The topological polar surface area (TPSA) is 43.4 Å². The van der Waals surface area contributed by atoms with Gasteiger partial charge in [-0.3, -0.25) is 9.59 Å². The van der Waals surface area contributed by atoms with Crippen molar-refractivity contribution in [1.82, 2.24) is 0 Å². The number of rotatable bonds is 7. The zero-order chi connectivity index (χ0) is 14.4. The van der Waals surface area contributed by atoms with E-state index >= 15 is 0 Å². The smallest absolute Gasteiger partial charge is 0.173 e. The SMILES string of the molecule is CCOCCC(=O)CC(=O)c1c(Cl)ccc(F)c1Cl. The number of carbonyl (C=O) groups excluding carboxylic acids is 2. The van der Waals surface area contributed by atoms with Crippen molar-refractivity contribution in [2.75, 3.05) is 13.2 Å². The Labute approximate surface area is 120 Å². The molecule has 0 unspecified atom stereocenters. The first kappa shape index (κ1) is 16.1. The van der Waals surface area contributed by atoms with E-state index in [0.29, 0.717) is 6.61 Å². The third kappa shape index (κ3) is 4.56. The summed E-state index contributed by atoms with van der Waals surface area (Å²) in [5.41, 5.74) is -0.145. The van der Waals surface area contributed by atoms with E-state index in [1.54, 1.807) is 0 Å². The molecule has 0 fully saturated rings. The number of carbonyl (C=O) groups is 2. The van der Waals surface area contributed by atoms with Crippen LogP contribution in [0.5, 0.6) is 0 Å². The van der Waals surface area contributed by atoms with Crippen LogP contribution in [-0.4, -0.2) is 24.8 Å². The minimum absolute atomic E-state index is 0.0361. The summed E-state index contributed by atoms with van der Waals surface area (Å²) in [5.74, 6) is -1.62. The molecule has 1 aromatic rings. The zero-order valence-corrected chi connectivity index (χ0v) is 11.9. The summed E-state index contributed by atoms with van der Waals surface area (Å²) in [6.07, 6.45) is -0.236. The van der Waals surface area contributed by atoms with Crippen molar-refractivity contribution in [2.45, 2.75) is 19.8 Å². The first-order chi connectivity index (χ1) is 8.97. The van der Waals surface area contributed by atoms with Gasteiger partial charge in [0.15, 0.2) is 5.78 Å². The number of hydrogen-bond donors (Lipinski definition) is 0. The van der Waals surface area contributed by atoms with Crippen molar-refractivity contribution in [2.24, 2.45) is 0 Å². The molecule has 1 aromatic carbocycles. The largest absolute Gasteiger partial charge is 0.381 e. The van der Waals surface area contributed by atoms with Crippen molar-refractivity contribution >= 4 is 34.8 Å². The van der Waals surface area contributed by atoms with Crippen LogP contribution in [0, 0.1) is 5.82 Å². The van der Waals surface area contributed by atoms with Crippen molar-refractivity contribution < 1.29 is 18.7 Å². The number of ketones is 2. The Kier molecular flexibility index (Phi) is 6.42. The maximum atomic E-state index is 13.3. The molecule has 0 aliphatic rings. The molecular weight excluding hydrogens is 294 g/mol. The molecule has 1 rings (SSSR count). The first-order valence-corrected chi connectivity index (χ1v) is 6.49. The molecule has 0 amide bonds. The molecular formula is C13H13Cl2FO3. The highest BCUT2D eigenvalue weighted by Crippen LogP contribution is 2.28. The molecule has 104 valence electrons. The predicted molar refractivity (Wildman–Crippen MR) is 71.5 cm³/mol. The van der Waals surface area contributed by atoms with E-state index in [1.165, 1.54) is 6.07 Å². The second kappa shape index (κ2) is 7.58. The number of Topliss-reactive ketones (excluding diaryl/α,β-unsaturated/α-hetero) is 2. The fourth-order valence-corrected chi connectivity index (χ4v) is 2.05. The van der Waals surface area contributed by atoms with Crippen LogP contribution in [0.2, 0.25) is 10.0 Å². The molecule has 0 atom stereocenters. The van der Waals surface area contributed by atoms with Crippen molar-refractivity contribution in [3.05, 3.63) is 33.6 Å². The standard InChI is InChI=1S/C13H13Cl2FO3/c1-2-19-6-5-8(17)7-11(18)12-9(14)3-4-10(16)13(12)15/h3-4H,2,5-7H2,1H3. The Bertz CT molecular complexity index is 489. The summed E-state index contributed by atoms with van der Waals surface area (Å²) in [7, 11) is 0. The van der Waals surface area contributed by atoms with E-state index in [2.05, 4.69) is 0 Å². The predicted octanol–water partition coefficient (Wildman–Crippen LogP) is 3.70. The summed E-state index contributed by atoms with van der Waals surface area (Å²) in [4.78, 5) is 23.4. The van der Waals surface area contributed by atoms with Gasteiger partial charge in [0.2, 0.25) is 0 Å². The minimum Gasteiger partial charge on any atom is -0.381 e. The van der Waals surface area contributed by atoms with Crippen LogP contribution < -0.4 is 0 Å². The van der Waals surface area contributed by atoms with Gasteiger partial charge in [-0.15, -0.1) is 0 Å². The fourth-order valence-electron chi connectivity index (χ4n) is 1.47. The Morgan fingerprint density at radius 2 is 2.00 bits per heavy atom. The van der Waals surface area contributed by atoms with Gasteiger partial charge in [0.25, 0.3) is 0 Å². The van der Waals surface area contributed by atoms with E-state index in [-0.39, 0.29) is 40.8 Å². The lowest BCUT2D eigenvalue weighted by Crippen LogP contribution is -2.12. The van der Waals surface area contributed by atoms with Crippen LogP contribution in [0.25, 0.3) is 0 Å². The average molecular weight is 307 g/mol. The van der Waals surface area contributed by atoms with Crippen LogP contribution >= 0.6 is 23.2 Å². The van der Waals surface area contributed by atoms with Gasteiger partial charge in [-0.1, -0.05) is 23.2 Å². The number of ether oxygens (including phenoxy) is 1. The van der Waals surface area contributed by atoms with Crippen LogP contribution in [0.1, 0.15) is 30.1 Å². The van der Waals surface area contributed by atoms with E-state index in [4.69, 9.17) is 27.9 Å². The molecule has 0 aliphatic heterocycles. The molecule has 0 heterocycles. The third-order valence-corrected chi connectivity index (χ3v) is 3.09. The lowest BCUT2D eigenvalue weighted by atomic mass is 10.0. The minimum atomic E-state index is -0.740. The van der Waals surface area contributed by atoms with Crippen molar-refractivity contribution in [1.29, 1.82) is 0 Å². The van der Waals surface area contributed by atoms with Gasteiger partial charge in [0.1, 0.15) is 11.6 Å². The summed E-state index contributed by atoms with van der Waals surface area (Å²) in [5, 5.41) is -0.316. The summed E-state index contributed by atoms with van der Waals surface area (Å²) in [6.45, 7) is 2.57. The van der Waals surface area contributed by atoms with Gasteiger partial charge in [-0.05, 0) is 19.1 Å². The Morgan fingerprint density at radius 1 is 1.32 bits per heavy atom. The maximum absolute atomic E-state index is 13.3. The quantitative estimate of drug-likeness (QED) is 0.334. The number of benzene rings is 1. The van der Waals surface area contributed by atoms with Crippen molar-refractivity contribution in [3.8, 4) is 0 Å². The molecule has 0 N–H and O–H groups in total. The van der Waals surface area contributed by atoms with E-state index in [9.17, 15) is 14.0 Å². The second-order valence-corrected chi connectivity index (χ2v) is 4.59. The fraction of sp³-hybridized carbons (Fsp3) is 0.385. The van der Waals surface area contributed by atoms with Crippen LogP contribution in [0.4, 0.5) is 4.39 Å². The highest BCUT2D eigenvalue weighted by atomic mass is 35.5. The van der Waals surface area contributed by atoms with Gasteiger partial charge < -0.3 is 4.74 Å². The molecule has 0 aromatic heterocycles. The molecule has 0 aliphatic carbocycles. The van der Waals surface area contributed by atoms with Crippen molar-refractivity contribution in [3.63, 3.8) is 0 Å². The normalized spacial score (nSPS) is 10.5. The van der Waals surface area contributed by atoms with E-state index in [1.807, 2.05) is 6.92 Å². The summed E-state index contributed by atoms with van der Waals surface area (Å²) >= 11 is 11.5. The maximum Gasteiger partial charge on any atom is 0.173 e. The number of hydrogen-bond acceptors (Lipinski definition) is 3. The van der Waals surface area contributed by atoms with Gasteiger partial charge in [0, 0.05) is 13.0 Å². The second-order valence-electron chi connectivity index (χ2n) is 3.80. The molecule has 3 nitrogen and oxygen atoms in total. The van der Waals surface area contributed by atoms with Gasteiger partial charge in [0.05, 0.1) is 28.6 Å². The molecule has 0 bridgehead atoms. The van der Waals surface area contributed by atoms with Gasteiger partial charge in [-0.25, -0.2) is 4.39 Å². The zero-order valence-electron chi connectivity index (χ0n) is 10.3. The monoisotopic (exact) mass is 306 g/mol. The highest BCUT2D eigenvalue weighted by Gasteiger charge is 2.20. The van der Waals surface area contributed by atoms with Crippen LogP contribution in [0.3, 0.4) is 0 Å². The van der Waals surface area contributed by atoms with Crippen LogP contribution in [-0.2, 0) is 9.53 Å². The number of halogens is 3. The molecule has 0 saturated heterocycles. The van der Waals surface area contributed by atoms with E-state index < -0.39 is 11.6 Å². The Morgan fingerprint density at radius 3 is 2.63 bits per heavy atom. The lowest BCUT2D eigenvalue weighted by molar-refractivity contribution is -0.119.